The van der Waals surface area contributed by atoms with Gasteiger partial charge < -0.3 is 24.7 Å². The number of nitrogens with zero attached hydrogens (tertiary/aromatic N) is 2. The van der Waals surface area contributed by atoms with E-state index < -0.39 is 23.9 Å². The highest BCUT2D eigenvalue weighted by Crippen LogP contribution is 2.59. The van der Waals surface area contributed by atoms with Gasteiger partial charge in [0.1, 0.15) is 5.75 Å². The molecule has 2 aliphatic carbocycles. The molecule has 2 aliphatic heterocycles. The molecule has 0 radical (unpaired) electrons. The number of carbonyl (C=O) groups is 2. The van der Waals surface area contributed by atoms with E-state index in [9.17, 15) is 19.8 Å². The molecule has 2 unspecified atom stereocenters. The van der Waals surface area contributed by atoms with E-state index in [-0.39, 0.29) is 16.4 Å². The summed E-state index contributed by atoms with van der Waals surface area (Å²) in [6, 6.07) is 5.09. The van der Waals surface area contributed by atoms with Gasteiger partial charge >= 0.3 is 5.97 Å². The summed E-state index contributed by atoms with van der Waals surface area (Å²) in [6.45, 7) is 4.85. The van der Waals surface area contributed by atoms with E-state index in [1.165, 1.54) is 4.90 Å². The smallest absolute Gasteiger partial charge is 0.340 e. The van der Waals surface area contributed by atoms with Gasteiger partial charge in [-0.15, -0.1) is 0 Å². The number of hydrogen-bond donors (Lipinski definition) is 2. The van der Waals surface area contributed by atoms with Crippen LogP contribution < -0.4 is 9.64 Å². The van der Waals surface area contributed by atoms with E-state index in [0.29, 0.717) is 31.2 Å². The van der Waals surface area contributed by atoms with Crippen molar-refractivity contribution in [2.75, 3.05) is 38.2 Å². The highest BCUT2D eigenvalue weighted by molar-refractivity contribution is 6.31. The minimum atomic E-state index is -2.35. The molecular formula is C32H41ClN2O5. The molecule has 40 heavy (non-hydrogen) atoms. The number of anilines is 1. The van der Waals surface area contributed by atoms with Crippen molar-refractivity contribution in [3.63, 3.8) is 0 Å². The predicted octanol–water partition coefficient (Wildman–Crippen LogP) is 5.62. The first-order valence-electron chi connectivity index (χ1n) is 14.5. The number of aliphatic carboxylic acids is 1. The van der Waals surface area contributed by atoms with Crippen LogP contribution in [0.25, 0.3) is 0 Å². The summed E-state index contributed by atoms with van der Waals surface area (Å²) in [4.78, 5) is 29.3. The zero-order valence-electron chi connectivity index (χ0n) is 23.6. The largest absolute Gasteiger partial charge is 0.491 e. The number of ether oxygens (including phenoxy) is 1. The highest BCUT2D eigenvalue weighted by atomic mass is 35.5. The quantitative estimate of drug-likeness (QED) is 0.427. The van der Waals surface area contributed by atoms with Gasteiger partial charge in [-0.05, 0) is 68.2 Å². The van der Waals surface area contributed by atoms with Crippen molar-refractivity contribution in [3.8, 4) is 5.75 Å². The normalized spacial score (nSPS) is 34.0. The molecule has 5 rings (SSSR count). The van der Waals surface area contributed by atoms with Crippen LogP contribution in [0.3, 0.4) is 0 Å². The molecule has 1 aromatic rings. The van der Waals surface area contributed by atoms with Crippen molar-refractivity contribution in [3.05, 3.63) is 59.2 Å². The van der Waals surface area contributed by atoms with Gasteiger partial charge in [0.15, 0.2) is 5.60 Å². The summed E-state index contributed by atoms with van der Waals surface area (Å²) in [5.74, 6) is -0.857. The van der Waals surface area contributed by atoms with Crippen LogP contribution in [0.1, 0.15) is 63.9 Å². The van der Waals surface area contributed by atoms with Crippen molar-refractivity contribution in [2.45, 2.75) is 63.9 Å². The molecule has 2 N–H and O–H groups in total. The van der Waals surface area contributed by atoms with E-state index in [1.54, 1.807) is 25.2 Å². The number of aliphatic hydroxyl groups is 1. The van der Waals surface area contributed by atoms with E-state index >= 15 is 0 Å². The third-order valence-corrected chi connectivity index (χ3v) is 10.1. The molecule has 1 spiro atoms. The number of allylic oxidation sites excluding steroid dienone is 5. The summed E-state index contributed by atoms with van der Waals surface area (Å²) >= 11 is 6.44. The Bertz CT molecular complexity index is 1240. The number of carboxylic acids is 1. The van der Waals surface area contributed by atoms with Crippen LogP contribution in [-0.4, -0.2) is 60.3 Å². The number of carbonyl (C=O) groups excluding carboxylic acids is 1. The number of fused-ring (bicyclic) bond motifs is 3. The Morgan fingerprint density at radius 2 is 1.95 bits per heavy atom. The lowest BCUT2D eigenvalue weighted by atomic mass is 9.51. The molecule has 7 nitrogen and oxygen atoms in total. The maximum absolute atomic E-state index is 13.0. The van der Waals surface area contributed by atoms with Crippen molar-refractivity contribution >= 4 is 29.2 Å². The molecule has 4 atom stereocenters. The number of halogens is 1. The van der Waals surface area contributed by atoms with Crippen LogP contribution in [0.4, 0.5) is 5.69 Å². The zero-order valence-corrected chi connectivity index (χ0v) is 24.3. The molecule has 2 bridgehead atoms. The number of amides is 1. The van der Waals surface area contributed by atoms with Gasteiger partial charge in [-0.3, -0.25) is 4.79 Å². The SMILES string of the molecule is CN1CC/C=C/CCCCN2C[C@@]3(CCCC4C=C(Cl)C=CC43C)COc3ccc(cc32)[C@](O)(C(=O)O)CC1=O. The fourth-order valence-corrected chi connectivity index (χ4v) is 7.28. The average Bonchev–Trinajstić information content (AvgIpc) is 3.08. The van der Waals surface area contributed by atoms with Crippen molar-refractivity contribution in [1.29, 1.82) is 0 Å². The molecule has 1 saturated carbocycles. The lowest BCUT2D eigenvalue weighted by Gasteiger charge is -2.55. The van der Waals surface area contributed by atoms with Crippen molar-refractivity contribution in [1.82, 2.24) is 4.90 Å². The lowest BCUT2D eigenvalue weighted by molar-refractivity contribution is -0.164. The maximum Gasteiger partial charge on any atom is 0.340 e. The van der Waals surface area contributed by atoms with E-state index in [0.717, 1.165) is 62.3 Å². The van der Waals surface area contributed by atoms with Crippen LogP contribution in [0, 0.1) is 16.7 Å². The van der Waals surface area contributed by atoms with E-state index in [4.69, 9.17) is 16.3 Å². The second kappa shape index (κ2) is 11.2. The van der Waals surface area contributed by atoms with E-state index in [2.05, 4.69) is 36.1 Å². The number of carboxylic acid groups (broad SMARTS) is 1. The summed E-state index contributed by atoms with van der Waals surface area (Å²) in [5.41, 5.74) is -1.71. The summed E-state index contributed by atoms with van der Waals surface area (Å²) < 4.78 is 6.57. The molecule has 1 amide bonds. The van der Waals surface area contributed by atoms with Crippen LogP contribution in [0.15, 0.2) is 53.6 Å². The Morgan fingerprint density at radius 1 is 1.15 bits per heavy atom. The summed E-state index contributed by atoms with van der Waals surface area (Å²) in [7, 11) is 1.65. The number of hydrogen-bond acceptors (Lipinski definition) is 5. The fraction of sp³-hybridized carbons (Fsp3) is 0.562. The average molecular weight is 569 g/mol. The van der Waals surface area contributed by atoms with Crippen LogP contribution >= 0.6 is 11.6 Å². The second-order valence-electron chi connectivity index (χ2n) is 12.3. The summed E-state index contributed by atoms with van der Waals surface area (Å²) in [5, 5.41) is 22.4. The first kappa shape index (κ1) is 28.7. The first-order chi connectivity index (χ1) is 19.1. The Labute approximate surface area is 242 Å². The molecule has 8 heteroatoms. The minimum absolute atomic E-state index is 0.148. The van der Waals surface area contributed by atoms with Gasteiger partial charge in [-0.25, -0.2) is 4.79 Å². The highest BCUT2D eigenvalue weighted by Gasteiger charge is 2.55. The van der Waals surface area contributed by atoms with Crippen molar-refractivity contribution < 1.29 is 24.5 Å². The molecule has 0 saturated heterocycles. The first-order valence-corrected chi connectivity index (χ1v) is 14.9. The molecule has 2 heterocycles. The third kappa shape index (κ3) is 5.18. The van der Waals surface area contributed by atoms with Gasteiger partial charge in [0.05, 0.1) is 18.7 Å². The van der Waals surface area contributed by atoms with Gasteiger partial charge in [0.2, 0.25) is 5.91 Å². The van der Waals surface area contributed by atoms with Gasteiger partial charge in [-0.1, -0.05) is 55.3 Å². The van der Waals surface area contributed by atoms with Crippen LogP contribution in [-0.2, 0) is 15.2 Å². The molecule has 1 aromatic carbocycles. The fourth-order valence-electron chi connectivity index (χ4n) is 7.06. The Balaban J connectivity index is 1.57. The van der Waals surface area contributed by atoms with Crippen LogP contribution in [0.5, 0.6) is 5.75 Å². The topological polar surface area (TPSA) is 90.3 Å². The Kier molecular flexibility index (Phi) is 8.08. The standard InChI is InChI=1S/C32H41ClN2O5/c1-30-15-13-25(33)18-23(30)10-9-14-31(30)21-35-17-8-6-4-3-5-7-16-34(2)28(36)20-32(39,29(37)38)24-11-12-27(40-22-31)26(35)19-24/h3,5,11-13,15,18-19,23,39H,4,6-10,14,16-17,20-22H2,1-2H3,(H,37,38)/b5-3+/t23?,30?,31-,32-/m0/s1. The van der Waals surface area contributed by atoms with Gasteiger partial charge in [0.25, 0.3) is 0 Å². The van der Waals surface area contributed by atoms with E-state index in [1.807, 2.05) is 6.08 Å². The Hall–Kier alpha value is -2.77. The molecular weight excluding hydrogens is 528 g/mol. The second-order valence-corrected chi connectivity index (χ2v) is 12.7. The Morgan fingerprint density at radius 3 is 2.75 bits per heavy atom. The predicted molar refractivity (Wildman–Crippen MR) is 157 cm³/mol. The summed E-state index contributed by atoms with van der Waals surface area (Å²) in [6.07, 6.45) is 17.0. The molecule has 216 valence electrons. The molecule has 0 aromatic heterocycles. The maximum atomic E-state index is 13.0. The van der Waals surface area contributed by atoms with Gasteiger partial charge in [0, 0.05) is 42.5 Å². The van der Waals surface area contributed by atoms with Gasteiger partial charge in [-0.2, -0.15) is 0 Å². The van der Waals surface area contributed by atoms with Crippen LogP contribution in [0.2, 0.25) is 0 Å². The van der Waals surface area contributed by atoms with Crippen molar-refractivity contribution in [2.24, 2.45) is 16.7 Å². The third-order valence-electron chi connectivity index (χ3n) is 9.84. The zero-order chi connectivity index (χ0) is 28.5. The number of rotatable bonds is 1. The molecule has 1 fully saturated rings. The number of benzene rings is 1. The monoisotopic (exact) mass is 568 g/mol. The lowest BCUT2D eigenvalue weighted by Crippen LogP contribution is -2.55. The minimum Gasteiger partial charge on any atom is -0.491 e. The molecule has 4 aliphatic rings.